The number of aryl methyl sites for hydroxylation is 1. The van der Waals surface area contributed by atoms with Crippen LogP contribution in [0.3, 0.4) is 0 Å². The average molecular weight is 166 g/mol. The van der Waals surface area contributed by atoms with Crippen molar-refractivity contribution in [3.05, 3.63) is 29.7 Å². The summed E-state index contributed by atoms with van der Waals surface area (Å²) in [7, 11) is 1.70. The number of halogens is 1. The van der Waals surface area contributed by atoms with E-state index in [1.165, 1.54) is 12.3 Å². The zero-order valence-electron chi connectivity index (χ0n) is 7.19. The second kappa shape index (κ2) is 3.34. The van der Waals surface area contributed by atoms with Crippen molar-refractivity contribution in [2.24, 2.45) is 0 Å². The van der Waals surface area contributed by atoms with Crippen LogP contribution in [-0.4, -0.2) is 12.0 Å². The van der Waals surface area contributed by atoms with E-state index in [1.54, 1.807) is 14.0 Å². The summed E-state index contributed by atoms with van der Waals surface area (Å²) in [5.41, 5.74) is 0.960. The van der Waals surface area contributed by atoms with Crippen molar-refractivity contribution < 1.29 is 4.39 Å². The lowest BCUT2D eigenvalue weighted by Gasteiger charge is -2.06. The molecule has 0 saturated heterocycles. The lowest BCUT2D eigenvalue weighted by molar-refractivity contribution is 0.614. The van der Waals surface area contributed by atoms with Gasteiger partial charge in [0, 0.05) is 18.8 Å². The molecule has 0 aliphatic carbocycles. The molecular formula is C9H11FN2. The minimum atomic E-state index is -0.260. The maximum atomic E-state index is 13.3. The van der Waals surface area contributed by atoms with Crippen molar-refractivity contribution in [3.63, 3.8) is 0 Å². The lowest BCUT2D eigenvalue weighted by atomic mass is 10.2. The van der Waals surface area contributed by atoms with E-state index in [1.807, 2.05) is 0 Å². The van der Waals surface area contributed by atoms with E-state index in [0.717, 1.165) is 0 Å². The molecule has 2 nitrogen and oxygen atoms in total. The van der Waals surface area contributed by atoms with Gasteiger partial charge in [0.15, 0.2) is 0 Å². The molecule has 0 spiro atoms. The molecule has 0 atom stereocenters. The van der Waals surface area contributed by atoms with Crippen LogP contribution in [0.25, 0.3) is 6.08 Å². The number of pyridine rings is 1. The van der Waals surface area contributed by atoms with Gasteiger partial charge in [0.2, 0.25) is 0 Å². The third-order valence-electron chi connectivity index (χ3n) is 1.67. The van der Waals surface area contributed by atoms with Crippen molar-refractivity contribution in [1.29, 1.82) is 0 Å². The van der Waals surface area contributed by atoms with E-state index < -0.39 is 0 Å². The van der Waals surface area contributed by atoms with Gasteiger partial charge in [0.1, 0.15) is 11.6 Å². The molecule has 0 unspecified atom stereocenters. The van der Waals surface area contributed by atoms with Gasteiger partial charge < -0.3 is 5.32 Å². The molecule has 64 valence electrons. The normalized spacial score (nSPS) is 9.58. The van der Waals surface area contributed by atoms with Gasteiger partial charge in [0.25, 0.3) is 0 Å². The SMILES string of the molecule is C=Cc1c(NC)ncc(C)c1F. The molecule has 0 aliphatic heterocycles. The van der Waals surface area contributed by atoms with Gasteiger partial charge in [-0.15, -0.1) is 0 Å². The quantitative estimate of drug-likeness (QED) is 0.728. The van der Waals surface area contributed by atoms with Crippen molar-refractivity contribution in [3.8, 4) is 0 Å². The number of aromatic nitrogens is 1. The zero-order chi connectivity index (χ0) is 9.14. The molecule has 1 aromatic heterocycles. The van der Waals surface area contributed by atoms with Gasteiger partial charge >= 0.3 is 0 Å². The number of anilines is 1. The Balaban J connectivity index is 3.35. The van der Waals surface area contributed by atoms with Crippen LogP contribution in [0.5, 0.6) is 0 Å². The van der Waals surface area contributed by atoms with Gasteiger partial charge in [-0.05, 0) is 6.92 Å². The van der Waals surface area contributed by atoms with Crippen molar-refractivity contribution >= 4 is 11.9 Å². The number of rotatable bonds is 2. The number of nitrogens with one attached hydrogen (secondary N) is 1. The molecule has 12 heavy (non-hydrogen) atoms. The minimum absolute atomic E-state index is 0.260. The summed E-state index contributed by atoms with van der Waals surface area (Å²) < 4.78 is 13.3. The predicted molar refractivity (Wildman–Crippen MR) is 48.6 cm³/mol. The molecule has 0 radical (unpaired) electrons. The standard InChI is InChI=1S/C9H11FN2/c1-4-7-8(10)6(2)5-12-9(7)11-3/h4-5H,1H2,2-3H3,(H,11,12). The summed E-state index contributed by atoms with van der Waals surface area (Å²) in [4.78, 5) is 4.01. The molecule has 1 rings (SSSR count). The van der Waals surface area contributed by atoms with Gasteiger partial charge in [-0.1, -0.05) is 12.7 Å². The Bertz CT molecular complexity index is 308. The largest absolute Gasteiger partial charge is 0.373 e. The van der Waals surface area contributed by atoms with Gasteiger partial charge in [-0.25, -0.2) is 9.37 Å². The molecule has 0 aromatic carbocycles. The maximum absolute atomic E-state index is 13.3. The van der Waals surface area contributed by atoms with E-state index in [-0.39, 0.29) is 5.82 Å². The lowest BCUT2D eigenvalue weighted by Crippen LogP contribution is -1.99. The van der Waals surface area contributed by atoms with E-state index in [4.69, 9.17) is 0 Å². The first kappa shape index (κ1) is 8.71. The third-order valence-corrected chi connectivity index (χ3v) is 1.67. The second-order valence-electron chi connectivity index (χ2n) is 2.47. The molecule has 3 heteroatoms. The summed E-state index contributed by atoms with van der Waals surface area (Å²) in [6, 6.07) is 0. The fourth-order valence-electron chi connectivity index (χ4n) is 0.989. The molecule has 0 aliphatic rings. The first-order valence-corrected chi connectivity index (χ1v) is 3.66. The van der Waals surface area contributed by atoms with Gasteiger partial charge in [0.05, 0.1) is 5.56 Å². The summed E-state index contributed by atoms with van der Waals surface area (Å²) in [6.07, 6.45) is 2.95. The Hall–Kier alpha value is -1.38. The van der Waals surface area contributed by atoms with Crippen LogP contribution in [0.2, 0.25) is 0 Å². The highest BCUT2D eigenvalue weighted by Crippen LogP contribution is 2.19. The summed E-state index contributed by atoms with van der Waals surface area (Å²) in [5, 5.41) is 2.79. The Kier molecular flexibility index (Phi) is 2.43. The summed E-state index contributed by atoms with van der Waals surface area (Å²) in [6.45, 7) is 5.20. The van der Waals surface area contributed by atoms with Crippen LogP contribution in [0, 0.1) is 12.7 Å². The Labute approximate surface area is 71.1 Å². The highest BCUT2D eigenvalue weighted by Gasteiger charge is 2.07. The van der Waals surface area contributed by atoms with E-state index in [0.29, 0.717) is 16.9 Å². The van der Waals surface area contributed by atoms with Crippen LogP contribution < -0.4 is 5.32 Å². The molecule has 0 bridgehead atoms. The summed E-state index contributed by atoms with van der Waals surface area (Å²) in [5.74, 6) is 0.262. The highest BCUT2D eigenvalue weighted by molar-refractivity contribution is 5.62. The summed E-state index contributed by atoms with van der Waals surface area (Å²) >= 11 is 0. The zero-order valence-corrected chi connectivity index (χ0v) is 7.19. The van der Waals surface area contributed by atoms with Gasteiger partial charge in [-0.2, -0.15) is 0 Å². The van der Waals surface area contributed by atoms with E-state index in [9.17, 15) is 4.39 Å². The Morgan fingerprint density at radius 3 is 2.83 bits per heavy atom. The van der Waals surface area contributed by atoms with E-state index in [2.05, 4.69) is 16.9 Å². The third kappa shape index (κ3) is 1.30. The maximum Gasteiger partial charge on any atom is 0.138 e. The number of nitrogens with zero attached hydrogens (tertiary/aromatic N) is 1. The van der Waals surface area contributed by atoms with E-state index >= 15 is 0 Å². The van der Waals surface area contributed by atoms with Crippen molar-refractivity contribution in [1.82, 2.24) is 4.98 Å². The van der Waals surface area contributed by atoms with Crippen LogP contribution in [0.15, 0.2) is 12.8 Å². The second-order valence-corrected chi connectivity index (χ2v) is 2.47. The minimum Gasteiger partial charge on any atom is -0.373 e. The first-order valence-electron chi connectivity index (χ1n) is 3.66. The van der Waals surface area contributed by atoms with Crippen LogP contribution in [0.1, 0.15) is 11.1 Å². The molecule has 1 heterocycles. The fourth-order valence-corrected chi connectivity index (χ4v) is 0.989. The molecule has 1 aromatic rings. The number of hydrogen-bond donors (Lipinski definition) is 1. The van der Waals surface area contributed by atoms with Crippen molar-refractivity contribution in [2.45, 2.75) is 6.92 Å². The Morgan fingerprint density at radius 1 is 1.67 bits per heavy atom. The highest BCUT2D eigenvalue weighted by atomic mass is 19.1. The Morgan fingerprint density at radius 2 is 2.33 bits per heavy atom. The van der Waals surface area contributed by atoms with Crippen LogP contribution in [0.4, 0.5) is 10.2 Å². The van der Waals surface area contributed by atoms with Crippen LogP contribution in [-0.2, 0) is 0 Å². The number of hydrogen-bond acceptors (Lipinski definition) is 2. The molecule has 0 saturated carbocycles. The predicted octanol–water partition coefficient (Wildman–Crippen LogP) is 2.21. The monoisotopic (exact) mass is 166 g/mol. The molecule has 1 N–H and O–H groups in total. The molecular weight excluding hydrogens is 155 g/mol. The van der Waals surface area contributed by atoms with Crippen molar-refractivity contribution in [2.75, 3.05) is 12.4 Å². The van der Waals surface area contributed by atoms with Crippen LogP contribution >= 0.6 is 0 Å². The molecule has 0 fully saturated rings. The fraction of sp³-hybridized carbons (Fsp3) is 0.222. The van der Waals surface area contributed by atoms with Gasteiger partial charge in [-0.3, -0.25) is 0 Å². The topological polar surface area (TPSA) is 24.9 Å². The average Bonchev–Trinajstić information content (AvgIpc) is 2.09. The molecule has 0 amide bonds. The first-order chi connectivity index (χ1) is 5.70. The smallest absolute Gasteiger partial charge is 0.138 e.